The zero-order chi connectivity index (χ0) is 21.0. The fourth-order valence-electron chi connectivity index (χ4n) is 8.45. The molecule has 0 bridgehead atoms. The molecule has 0 aliphatic heterocycles. The molecule has 0 heterocycles. The van der Waals surface area contributed by atoms with Gasteiger partial charge in [0.25, 0.3) is 0 Å². The molecule has 0 heteroatoms. The first-order valence-electron chi connectivity index (χ1n) is 13.0. The molecule has 3 saturated carbocycles. The smallest absolute Gasteiger partial charge is 0.00851 e. The van der Waals surface area contributed by atoms with Crippen LogP contribution in [0.15, 0.2) is 23.8 Å². The molecule has 0 spiro atoms. The summed E-state index contributed by atoms with van der Waals surface area (Å²) in [6.45, 7) is 17.5. The van der Waals surface area contributed by atoms with Gasteiger partial charge in [-0.15, -0.1) is 0 Å². The third-order valence-corrected chi connectivity index (χ3v) is 10.8. The van der Waals surface area contributed by atoms with Crippen molar-refractivity contribution < 1.29 is 0 Å². The van der Waals surface area contributed by atoms with Gasteiger partial charge in [0.2, 0.25) is 0 Å². The molecule has 164 valence electrons. The van der Waals surface area contributed by atoms with Crippen LogP contribution in [0.3, 0.4) is 0 Å². The lowest BCUT2D eigenvalue weighted by atomic mass is 9.46. The fourth-order valence-corrected chi connectivity index (χ4v) is 8.45. The molecule has 0 aromatic carbocycles. The predicted octanol–water partition coefficient (Wildman–Crippen LogP) is 8.69. The van der Waals surface area contributed by atoms with E-state index in [4.69, 9.17) is 0 Å². The van der Waals surface area contributed by atoms with Crippen molar-refractivity contribution in [2.75, 3.05) is 0 Å². The molecule has 4 aliphatic carbocycles. The van der Waals surface area contributed by atoms with Gasteiger partial charge in [-0.05, 0) is 110 Å². The van der Waals surface area contributed by atoms with Gasteiger partial charge in [0, 0.05) is 0 Å². The topological polar surface area (TPSA) is 0 Å². The molecule has 0 aromatic rings. The molecule has 0 N–H and O–H groups in total. The van der Waals surface area contributed by atoms with Crippen LogP contribution >= 0.6 is 0 Å². The van der Waals surface area contributed by atoms with E-state index in [1.807, 2.05) is 5.57 Å². The Morgan fingerprint density at radius 1 is 0.931 bits per heavy atom. The lowest BCUT2D eigenvalue weighted by molar-refractivity contribution is -0.0486. The molecular weight excluding hydrogens is 348 g/mol. The molecule has 0 nitrogen and oxygen atoms in total. The van der Waals surface area contributed by atoms with Crippen LogP contribution in [-0.2, 0) is 0 Å². The number of hydrogen-bond acceptors (Lipinski definition) is 0. The van der Waals surface area contributed by atoms with Crippen LogP contribution in [0, 0.1) is 58.2 Å². The summed E-state index contributed by atoms with van der Waals surface area (Å²) in [5.41, 5.74) is 2.97. The van der Waals surface area contributed by atoms with Crippen molar-refractivity contribution in [3.63, 3.8) is 0 Å². The van der Waals surface area contributed by atoms with Gasteiger partial charge >= 0.3 is 0 Å². The summed E-state index contributed by atoms with van der Waals surface area (Å²) >= 11 is 0. The van der Waals surface area contributed by atoms with Gasteiger partial charge in [-0.2, -0.15) is 0 Å². The Bertz CT molecular complexity index is 653. The standard InChI is InChI=1S/C29H48/c1-19(2)21(4)8-9-22(5)25-12-13-26-24-11-10-23-18-20(3)14-16-28(23,6)27(24)15-17-29(25,26)7/h8-10,19-22,24-27H,11-18H2,1-7H3/b9-8+/t20-,21-,22?,24?,25?,26?,27?,28?,29?/m0/s1. The number of hydrogen-bond donors (Lipinski definition) is 0. The molecule has 9 atom stereocenters. The van der Waals surface area contributed by atoms with Crippen molar-refractivity contribution in [1.29, 1.82) is 0 Å². The van der Waals surface area contributed by atoms with Crippen LogP contribution in [-0.4, -0.2) is 0 Å². The Morgan fingerprint density at radius 3 is 2.41 bits per heavy atom. The SMILES string of the molecule is CC(/C=C/[C@H](C)C(C)C)C1CCC2C3CC=C4C[C@@H](C)CCC4(C)C3CCC12C. The first kappa shape index (κ1) is 21.7. The number of fused-ring (bicyclic) bond motifs is 5. The second-order valence-electron chi connectivity index (χ2n) is 12.7. The Morgan fingerprint density at radius 2 is 1.69 bits per heavy atom. The second-order valence-corrected chi connectivity index (χ2v) is 12.7. The summed E-state index contributed by atoms with van der Waals surface area (Å²) in [6.07, 6.45) is 19.5. The van der Waals surface area contributed by atoms with Gasteiger partial charge in [-0.3, -0.25) is 0 Å². The maximum Gasteiger partial charge on any atom is -0.00851 e. The Kier molecular flexibility index (Phi) is 5.89. The van der Waals surface area contributed by atoms with Gasteiger partial charge in [-0.25, -0.2) is 0 Å². The van der Waals surface area contributed by atoms with E-state index in [0.29, 0.717) is 16.7 Å². The van der Waals surface area contributed by atoms with E-state index in [1.54, 1.807) is 0 Å². The summed E-state index contributed by atoms with van der Waals surface area (Å²) < 4.78 is 0. The van der Waals surface area contributed by atoms with E-state index in [0.717, 1.165) is 41.4 Å². The minimum atomic E-state index is 0.535. The highest BCUT2D eigenvalue weighted by Crippen LogP contribution is 2.67. The molecule has 0 radical (unpaired) electrons. The highest BCUT2D eigenvalue weighted by atomic mass is 14.6. The van der Waals surface area contributed by atoms with Crippen LogP contribution in [0.1, 0.15) is 99.8 Å². The normalized spacial score (nSPS) is 46.8. The van der Waals surface area contributed by atoms with Gasteiger partial charge in [-0.1, -0.05) is 72.3 Å². The van der Waals surface area contributed by atoms with E-state index in [9.17, 15) is 0 Å². The average Bonchev–Trinajstić information content (AvgIpc) is 3.03. The van der Waals surface area contributed by atoms with Gasteiger partial charge in [0.15, 0.2) is 0 Å². The maximum absolute atomic E-state index is 2.74. The second kappa shape index (κ2) is 7.87. The Balaban J connectivity index is 1.53. The lowest BCUT2D eigenvalue weighted by Gasteiger charge is -2.58. The number of rotatable bonds is 4. The van der Waals surface area contributed by atoms with Crippen LogP contribution in [0.2, 0.25) is 0 Å². The summed E-state index contributed by atoms with van der Waals surface area (Å²) in [6, 6.07) is 0. The first-order valence-corrected chi connectivity index (χ1v) is 13.0. The Hall–Kier alpha value is -0.520. The predicted molar refractivity (Wildman–Crippen MR) is 127 cm³/mol. The molecule has 29 heavy (non-hydrogen) atoms. The maximum atomic E-state index is 2.74. The first-order chi connectivity index (χ1) is 13.7. The van der Waals surface area contributed by atoms with Crippen LogP contribution in [0.25, 0.3) is 0 Å². The highest BCUT2D eigenvalue weighted by molar-refractivity contribution is 5.25. The van der Waals surface area contributed by atoms with Crippen molar-refractivity contribution in [2.45, 2.75) is 99.8 Å². The molecule has 7 unspecified atom stereocenters. The zero-order valence-corrected chi connectivity index (χ0v) is 20.5. The molecule has 4 aliphatic rings. The van der Waals surface area contributed by atoms with Crippen molar-refractivity contribution >= 4 is 0 Å². The quantitative estimate of drug-likeness (QED) is 0.417. The van der Waals surface area contributed by atoms with E-state index < -0.39 is 0 Å². The molecule has 0 amide bonds. The van der Waals surface area contributed by atoms with Crippen molar-refractivity contribution in [2.24, 2.45) is 58.2 Å². The van der Waals surface area contributed by atoms with Crippen molar-refractivity contribution in [3.05, 3.63) is 23.8 Å². The molecule has 3 fully saturated rings. The van der Waals surface area contributed by atoms with Gasteiger partial charge in [0.1, 0.15) is 0 Å². The molecular formula is C29H48. The third kappa shape index (κ3) is 3.59. The monoisotopic (exact) mass is 396 g/mol. The van der Waals surface area contributed by atoms with E-state index >= 15 is 0 Å². The molecule has 0 aromatic heterocycles. The van der Waals surface area contributed by atoms with E-state index in [1.165, 1.54) is 51.4 Å². The highest BCUT2D eigenvalue weighted by Gasteiger charge is 2.58. The van der Waals surface area contributed by atoms with E-state index in [-0.39, 0.29) is 0 Å². The van der Waals surface area contributed by atoms with Crippen molar-refractivity contribution in [3.8, 4) is 0 Å². The summed E-state index contributed by atoms with van der Waals surface area (Å²) in [7, 11) is 0. The van der Waals surface area contributed by atoms with Gasteiger partial charge in [0.05, 0.1) is 0 Å². The van der Waals surface area contributed by atoms with E-state index in [2.05, 4.69) is 66.7 Å². The Labute approximate surface area is 182 Å². The summed E-state index contributed by atoms with van der Waals surface area (Å²) in [4.78, 5) is 0. The minimum Gasteiger partial charge on any atom is -0.0852 e. The number of allylic oxidation sites excluding steroid dienone is 4. The van der Waals surface area contributed by atoms with Crippen molar-refractivity contribution in [1.82, 2.24) is 0 Å². The average molecular weight is 397 g/mol. The molecule has 4 rings (SSSR count). The summed E-state index contributed by atoms with van der Waals surface area (Å²) in [5, 5.41) is 0. The molecule has 0 saturated heterocycles. The van der Waals surface area contributed by atoms with Crippen LogP contribution < -0.4 is 0 Å². The third-order valence-electron chi connectivity index (χ3n) is 10.8. The zero-order valence-electron chi connectivity index (χ0n) is 20.5. The lowest BCUT2D eigenvalue weighted by Crippen LogP contribution is -2.50. The summed E-state index contributed by atoms with van der Waals surface area (Å²) in [5.74, 6) is 6.91. The van der Waals surface area contributed by atoms with Gasteiger partial charge < -0.3 is 0 Å². The largest absolute Gasteiger partial charge is 0.0852 e. The van der Waals surface area contributed by atoms with Crippen LogP contribution in [0.5, 0.6) is 0 Å². The van der Waals surface area contributed by atoms with Crippen LogP contribution in [0.4, 0.5) is 0 Å². The fraction of sp³-hybridized carbons (Fsp3) is 0.862. The minimum absolute atomic E-state index is 0.535.